The number of pyridine rings is 1. The zero-order valence-electron chi connectivity index (χ0n) is 15.8. The number of nitrogens with zero attached hydrogens (tertiary/aromatic N) is 3. The highest BCUT2D eigenvalue weighted by molar-refractivity contribution is 7.89. The average molecular weight is 414 g/mol. The Morgan fingerprint density at radius 1 is 1.07 bits per heavy atom. The third-order valence-corrected chi connectivity index (χ3v) is 6.77. The molecule has 0 unspecified atom stereocenters. The molecule has 3 heterocycles. The van der Waals surface area contributed by atoms with E-state index in [9.17, 15) is 13.2 Å². The number of carbonyl (C=O) groups is 1. The van der Waals surface area contributed by atoms with Crippen molar-refractivity contribution in [3.8, 4) is 0 Å². The van der Waals surface area contributed by atoms with Crippen LogP contribution in [-0.2, 0) is 10.0 Å². The fourth-order valence-corrected chi connectivity index (χ4v) is 4.68. The van der Waals surface area contributed by atoms with Crippen LogP contribution in [0.25, 0.3) is 11.0 Å². The van der Waals surface area contributed by atoms with Crippen LogP contribution in [0.1, 0.15) is 10.6 Å². The molecule has 2 aromatic heterocycles. The van der Waals surface area contributed by atoms with Gasteiger partial charge in [-0.05, 0) is 24.3 Å². The number of para-hydroxylation sites is 1. The monoisotopic (exact) mass is 414 g/mol. The van der Waals surface area contributed by atoms with E-state index in [1.54, 1.807) is 18.3 Å². The molecule has 0 radical (unpaired) electrons. The number of anilines is 1. The van der Waals surface area contributed by atoms with E-state index >= 15 is 0 Å². The third-order valence-electron chi connectivity index (χ3n) is 4.90. The predicted molar refractivity (Wildman–Crippen MR) is 110 cm³/mol. The molecule has 1 aliphatic rings. The number of hydrogen-bond acceptors (Lipinski definition) is 6. The second-order valence-corrected chi connectivity index (χ2v) is 8.88. The lowest BCUT2D eigenvalue weighted by Crippen LogP contribution is -2.50. The molecule has 152 valence electrons. The van der Waals surface area contributed by atoms with Crippen molar-refractivity contribution in [3.05, 3.63) is 60.5 Å². The summed E-state index contributed by atoms with van der Waals surface area (Å²) in [5.74, 6) is 0.453. The summed E-state index contributed by atoms with van der Waals surface area (Å²) in [6, 6.07) is 14.6. The van der Waals surface area contributed by atoms with Crippen molar-refractivity contribution < 1.29 is 17.6 Å². The maximum absolute atomic E-state index is 12.6. The normalized spacial score (nSPS) is 15.5. The summed E-state index contributed by atoms with van der Waals surface area (Å²) < 4.78 is 32.2. The SMILES string of the molecule is O=C(NCCS(=O)(=O)N1CCN(c2ccccn2)CC1)c1cc2ccccc2o1. The van der Waals surface area contributed by atoms with Gasteiger partial charge in [-0.25, -0.2) is 13.4 Å². The maximum atomic E-state index is 12.6. The van der Waals surface area contributed by atoms with Gasteiger partial charge in [-0.15, -0.1) is 0 Å². The molecule has 0 spiro atoms. The van der Waals surface area contributed by atoms with Crippen molar-refractivity contribution in [2.75, 3.05) is 43.4 Å². The van der Waals surface area contributed by atoms with Gasteiger partial charge in [0.1, 0.15) is 11.4 Å². The van der Waals surface area contributed by atoms with Gasteiger partial charge in [0.2, 0.25) is 10.0 Å². The number of sulfonamides is 1. The zero-order chi connectivity index (χ0) is 20.3. The molecule has 0 aliphatic carbocycles. The van der Waals surface area contributed by atoms with Gasteiger partial charge in [-0.2, -0.15) is 4.31 Å². The molecule has 1 saturated heterocycles. The molecular weight excluding hydrogens is 392 g/mol. The predicted octanol–water partition coefficient (Wildman–Crippen LogP) is 1.71. The van der Waals surface area contributed by atoms with Crippen molar-refractivity contribution in [2.24, 2.45) is 0 Å². The number of hydrogen-bond donors (Lipinski definition) is 1. The van der Waals surface area contributed by atoms with E-state index < -0.39 is 15.9 Å². The minimum Gasteiger partial charge on any atom is -0.451 e. The van der Waals surface area contributed by atoms with Crippen LogP contribution in [0.15, 0.2) is 59.1 Å². The Bertz CT molecular complexity index is 1060. The molecule has 1 fully saturated rings. The first-order chi connectivity index (χ1) is 14.0. The number of piperazine rings is 1. The van der Waals surface area contributed by atoms with E-state index in [0.717, 1.165) is 11.2 Å². The van der Waals surface area contributed by atoms with E-state index in [2.05, 4.69) is 15.2 Å². The van der Waals surface area contributed by atoms with Crippen LogP contribution in [0.4, 0.5) is 5.82 Å². The van der Waals surface area contributed by atoms with Gasteiger partial charge in [0.05, 0.1) is 5.75 Å². The molecule has 0 bridgehead atoms. The lowest BCUT2D eigenvalue weighted by Gasteiger charge is -2.34. The second-order valence-electron chi connectivity index (χ2n) is 6.79. The number of benzene rings is 1. The highest BCUT2D eigenvalue weighted by Crippen LogP contribution is 2.18. The summed E-state index contributed by atoms with van der Waals surface area (Å²) in [6.45, 7) is 1.99. The highest BCUT2D eigenvalue weighted by Gasteiger charge is 2.27. The van der Waals surface area contributed by atoms with Crippen LogP contribution in [0.2, 0.25) is 0 Å². The van der Waals surface area contributed by atoms with Gasteiger partial charge < -0.3 is 14.6 Å². The number of nitrogens with one attached hydrogen (secondary N) is 1. The topological polar surface area (TPSA) is 95.8 Å². The molecule has 3 aromatic rings. The van der Waals surface area contributed by atoms with Crippen molar-refractivity contribution in [1.82, 2.24) is 14.6 Å². The van der Waals surface area contributed by atoms with Gasteiger partial charge in [0, 0.05) is 44.3 Å². The number of rotatable bonds is 6. The first kappa shape index (κ1) is 19.4. The van der Waals surface area contributed by atoms with Gasteiger partial charge >= 0.3 is 0 Å². The summed E-state index contributed by atoms with van der Waals surface area (Å²) in [6.07, 6.45) is 1.73. The van der Waals surface area contributed by atoms with Crippen LogP contribution < -0.4 is 10.2 Å². The van der Waals surface area contributed by atoms with Crippen molar-refractivity contribution in [3.63, 3.8) is 0 Å². The van der Waals surface area contributed by atoms with E-state index in [0.29, 0.717) is 31.8 Å². The largest absolute Gasteiger partial charge is 0.451 e. The summed E-state index contributed by atoms with van der Waals surface area (Å²) in [7, 11) is -3.45. The molecule has 1 aliphatic heterocycles. The molecule has 1 N–H and O–H groups in total. The van der Waals surface area contributed by atoms with Crippen molar-refractivity contribution in [1.29, 1.82) is 0 Å². The number of amides is 1. The molecule has 1 amide bonds. The van der Waals surface area contributed by atoms with Crippen LogP contribution in [0.3, 0.4) is 0 Å². The van der Waals surface area contributed by atoms with Crippen molar-refractivity contribution in [2.45, 2.75) is 0 Å². The number of carbonyl (C=O) groups excluding carboxylic acids is 1. The second kappa shape index (κ2) is 8.22. The molecular formula is C20H22N4O4S. The van der Waals surface area contributed by atoms with Gasteiger partial charge in [-0.3, -0.25) is 4.79 Å². The van der Waals surface area contributed by atoms with Crippen molar-refractivity contribution >= 4 is 32.7 Å². The summed E-state index contributed by atoms with van der Waals surface area (Å²) in [5.41, 5.74) is 0.621. The molecule has 9 heteroatoms. The fraction of sp³-hybridized carbons (Fsp3) is 0.300. The number of fused-ring (bicyclic) bond motifs is 1. The fourth-order valence-electron chi connectivity index (χ4n) is 3.34. The summed E-state index contributed by atoms with van der Waals surface area (Å²) >= 11 is 0. The molecule has 8 nitrogen and oxygen atoms in total. The Morgan fingerprint density at radius 3 is 2.55 bits per heavy atom. The highest BCUT2D eigenvalue weighted by atomic mass is 32.2. The Kier molecular flexibility index (Phi) is 5.50. The van der Waals surface area contributed by atoms with Crippen LogP contribution >= 0.6 is 0 Å². The Labute approximate surface area is 169 Å². The van der Waals surface area contributed by atoms with Gasteiger partial charge in [0.15, 0.2) is 5.76 Å². The zero-order valence-corrected chi connectivity index (χ0v) is 16.6. The van der Waals surface area contributed by atoms with E-state index in [-0.39, 0.29) is 18.1 Å². The molecule has 4 rings (SSSR count). The number of aromatic nitrogens is 1. The molecule has 29 heavy (non-hydrogen) atoms. The first-order valence-corrected chi connectivity index (χ1v) is 11.0. The van der Waals surface area contributed by atoms with Gasteiger partial charge in [-0.1, -0.05) is 24.3 Å². The van der Waals surface area contributed by atoms with E-state index in [1.807, 2.05) is 36.4 Å². The molecule has 1 aromatic carbocycles. The molecule has 0 atom stereocenters. The minimum atomic E-state index is -3.45. The molecule has 0 saturated carbocycles. The smallest absolute Gasteiger partial charge is 0.287 e. The minimum absolute atomic E-state index is 0.0265. The quantitative estimate of drug-likeness (QED) is 0.660. The summed E-state index contributed by atoms with van der Waals surface area (Å²) in [4.78, 5) is 18.6. The van der Waals surface area contributed by atoms with Crippen LogP contribution in [-0.4, -0.2) is 62.1 Å². The Hall–Kier alpha value is -2.91. The summed E-state index contributed by atoms with van der Waals surface area (Å²) in [5, 5.41) is 3.46. The maximum Gasteiger partial charge on any atom is 0.287 e. The number of furan rings is 1. The lowest BCUT2D eigenvalue weighted by molar-refractivity contribution is 0.0930. The van der Waals surface area contributed by atoms with E-state index in [1.165, 1.54) is 4.31 Å². The third kappa shape index (κ3) is 4.41. The average Bonchev–Trinajstić information content (AvgIpc) is 3.19. The van der Waals surface area contributed by atoms with Gasteiger partial charge in [0.25, 0.3) is 5.91 Å². The standard InChI is InChI=1S/C20H22N4O4S/c25-20(18-15-16-5-1-2-6-17(16)28-18)22-9-14-29(26,27)24-12-10-23(11-13-24)19-7-3-4-8-21-19/h1-8,15H,9-14H2,(H,22,25). The van der Waals surface area contributed by atoms with Crippen LogP contribution in [0.5, 0.6) is 0 Å². The Morgan fingerprint density at radius 2 is 1.83 bits per heavy atom. The van der Waals surface area contributed by atoms with E-state index in [4.69, 9.17) is 4.42 Å². The van der Waals surface area contributed by atoms with Crippen LogP contribution in [0, 0.1) is 0 Å². The lowest BCUT2D eigenvalue weighted by atomic mass is 10.2. The first-order valence-electron chi connectivity index (χ1n) is 9.43. The Balaban J connectivity index is 1.28.